The third-order valence-electron chi connectivity index (χ3n) is 3.74. The molecule has 0 aliphatic heterocycles. The molecule has 106 valence electrons. The van der Waals surface area contributed by atoms with Crippen molar-refractivity contribution < 1.29 is 4.92 Å². The Morgan fingerprint density at radius 3 is 2.48 bits per heavy atom. The maximum Gasteiger partial charge on any atom is 0.295 e. The van der Waals surface area contributed by atoms with Gasteiger partial charge in [-0.2, -0.15) is 0 Å². The van der Waals surface area contributed by atoms with Gasteiger partial charge in [0.2, 0.25) is 0 Å². The Bertz CT molecular complexity index is 864. The number of non-ortho nitro benzene ring substituents is 1. The molecule has 1 heterocycles. The van der Waals surface area contributed by atoms with Crippen LogP contribution in [0.2, 0.25) is 0 Å². The normalized spacial score (nSPS) is 12.0. The molecule has 4 nitrogen and oxygen atoms in total. The summed E-state index contributed by atoms with van der Waals surface area (Å²) in [4.78, 5) is 15.4. The zero-order chi connectivity index (χ0) is 15.2. The highest BCUT2D eigenvalue weighted by Gasteiger charge is 2.22. The van der Waals surface area contributed by atoms with Gasteiger partial charge in [-0.05, 0) is 22.4 Å². The fourth-order valence-electron chi connectivity index (χ4n) is 2.52. The number of nitro benzene ring substituents is 1. The number of aromatic nitrogens is 1. The standard InChI is InChI=1S/C17H16N2O2/c1-17(2,3)12-8-14-13-7-5-4-6-11(13)10-18-16(14)15(9-12)19(20)21/h4-10H,1-3H3. The molecule has 4 heteroatoms. The van der Waals surface area contributed by atoms with Gasteiger partial charge in [-0.25, -0.2) is 4.98 Å². The highest BCUT2D eigenvalue weighted by molar-refractivity contribution is 6.08. The molecule has 0 amide bonds. The quantitative estimate of drug-likeness (QED) is 0.372. The van der Waals surface area contributed by atoms with E-state index in [0.29, 0.717) is 5.52 Å². The van der Waals surface area contributed by atoms with Crippen LogP contribution in [0.3, 0.4) is 0 Å². The Kier molecular flexibility index (Phi) is 2.90. The van der Waals surface area contributed by atoms with E-state index in [4.69, 9.17) is 0 Å². The van der Waals surface area contributed by atoms with Gasteiger partial charge >= 0.3 is 0 Å². The van der Waals surface area contributed by atoms with Crippen LogP contribution in [0, 0.1) is 10.1 Å². The lowest BCUT2D eigenvalue weighted by molar-refractivity contribution is -0.383. The number of fused-ring (bicyclic) bond motifs is 3. The molecule has 0 saturated heterocycles. The number of hydrogen-bond acceptors (Lipinski definition) is 3. The molecule has 0 bridgehead atoms. The van der Waals surface area contributed by atoms with Crippen molar-refractivity contribution in [2.45, 2.75) is 26.2 Å². The van der Waals surface area contributed by atoms with Crippen molar-refractivity contribution in [3.63, 3.8) is 0 Å². The van der Waals surface area contributed by atoms with Gasteiger partial charge in [0.1, 0.15) is 5.52 Å². The van der Waals surface area contributed by atoms with Gasteiger partial charge in [-0.3, -0.25) is 10.1 Å². The number of nitrogens with zero attached hydrogens (tertiary/aromatic N) is 2. The van der Waals surface area contributed by atoms with Crippen molar-refractivity contribution in [1.82, 2.24) is 4.98 Å². The highest BCUT2D eigenvalue weighted by atomic mass is 16.6. The predicted molar refractivity (Wildman–Crippen MR) is 84.6 cm³/mol. The van der Waals surface area contributed by atoms with Crippen LogP contribution in [0.15, 0.2) is 42.6 Å². The zero-order valence-electron chi connectivity index (χ0n) is 12.3. The fraction of sp³-hybridized carbons (Fsp3) is 0.235. The number of pyridine rings is 1. The molecule has 0 saturated carbocycles. The summed E-state index contributed by atoms with van der Waals surface area (Å²) in [7, 11) is 0. The molecule has 0 aliphatic carbocycles. The lowest BCUT2D eigenvalue weighted by atomic mass is 9.85. The average Bonchev–Trinajstić information content (AvgIpc) is 2.44. The van der Waals surface area contributed by atoms with Crippen molar-refractivity contribution in [3.8, 4) is 0 Å². The summed E-state index contributed by atoms with van der Waals surface area (Å²) in [5.74, 6) is 0. The molecule has 1 aromatic heterocycles. The molecule has 0 atom stereocenters. The molecular formula is C17H16N2O2. The van der Waals surface area contributed by atoms with Crippen molar-refractivity contribution in [1.29, 1.82) is 0 Å². The Morgan fingerprint density at radius 1 is 1.10 bits per heavy atom. The minimum Gasteiger partial charge on any atom is -0.258 e. The molecule has 2 aromatic carbocycles. The van der Waals surface area contributed by atoms with Gasteiger partial charge in [-0.1, -0.05) is 45.0 Å². The molecule has 0 spiro atoms. The van der Waals surface area contributed by atoms with E-state index in [1.165, 1.54) is 0 Å². The van der Waals surface area contributed by atoms with Crippen LogP contribution in [0.25, 0.3) is 21.7 Å². The Balaban J connectivity index is 2.51. The smallest absolute Gasteiger partial charge is 0.258 e. The van der Waals surface area contributed by atoms with Crippen LogP contribution in [-0.2, 0) is 5.41 Å². The average molecular weight is 280 g/mol. The molecule has 0 unspecified atom stereocenters. The molecule has 0 aliphatic rings. The molecule has 3 aromatic rings. The highest BCUT2D eigenvalue weighted by Crippen LogP contribution is 2.35. The van der Waals surface area contributed by atoms with Crippen molar-refractivity contribution in [2.24, 2.45) is 0 Å². The summed E-state index contributed by atoms with van der Waals surface area (Å²) in [6.45, 7) is 6.16. The maximum absolute atomic E-state index is 11.4. The number of hydrogen-bond donors (Lipinski definition) is 0. The van der Waals surface area contributed by atoms with Gasteiger partial charge in [-0.15, -0.1) is 0 Å². The van der Waals surface area contributed by atoms with Crippen molar-refractivity contribution in [2.75, 3.05) is 0 Å². The lowest BCUT2D eigenvalue weighted by Crippen LogP contribution is -2.11. The van der Waals surface area contributed by atoms with Crippen molar-refractivity contribution in [3.05, 3.63) is 58.3 Å². The summed E-state index contributed by atoms with van der Waals surface area (Å²) in [6.07, 6.45) is 1.70. The summed E-state index contributed by atoms with van der Waals surface area (Å²) in [5.41, 5.74) is 1.31. The summed E-state index contributed by atoms with van der Waals surface area (Å²) in [5, 5.41) is 14.2. The van der Waals surface area contributed by atoms with E-state index in [9.17, 15) is 10.1 Å². The van der Waals surface area contributed by atoms with Crippen molar-refractivity contribution >= 4 is 27.4 Å². The van der Waals surface area contributed by atoms with Crippen LogP contribution < -0.4 is 0 Å². The Labute approximate surface area is 122 Å². The zero-order valence-corrected chi connectivity index (χ0v) is 12.3. The second-order valence-electron chi connectivity index (χ2n) is 6.24. The number of nitro groups is 1. The molecule has 21 heavy (non-hydrogen) atoms. The third-order valence-corrected chi connectivity index (χ3v) is 3.74. The first-order valence-corrected chi connectivity index (χ1v) is 6.84. The minimum atomic E-state index is -0.348. The van der Waals surface area contributed by atoms with E-state index < -0.39 is 0 Å². The lowest BCUT2D eigenvalue weighted by Gasteiger charge is -2.19. The van der Waals surface area contributed by atoms with E-state index in [-0.39, 0.29) is 16.0 Å². The second kappa shape index (κ2) is 4.52. The van der Waals surface area contributed by atoms with E-state index in [2.05, 4.69) is 25.8 Å². The Hall–Kier alpha value is -2.49. The van der Waals surface area contributed by atoms with Gasteiger partial charge in [0, 0.05) is 23.0 Å². The monoisotopic (exact) mass is 280 g/mol. The molecular weight excluding hydrogens is 264 g/mol. The predicted octanol–water partition coefficient (Wildman–Crippen LogP) is 4.59. The van der Waals surface area contributed by atoms with Crippen LogP contribution >= 0.6 is 0 Å². The number of benzene rings is 2. The van der Waals surface area contributed by atoms with E-state index in [1.807, 2.05) is 30.3 Å². The topological polar surface area (TPSA) is 56.0 Å². The van der Waals surface area contributed by atoms with Gasteiger partial charge in [0.15, 0.2) is 0 Å². The first-order valence-electron chi connectivity index (χ1n) is 6.84. The summed E-state index contributed by atoms with van der Waals surface area (Å²) < 4.78 is 0. The van der Waals surface area contributed by atoms with Crippen LogP contribution in [0.5, 0.6) is 0 Å². The minimum absolute atomic E-state index is 0.0724. The second-order valence-corrected chi connectivity index (χ2v) is 6.24. The van der Waals surface area contributed by atoms with E-state index >= 15 is 0 Å². The Morgan fingerprint density at radius 2 is 1.81 bits per heavy atom. The van der Waals surface area contributed by atoms with E-state index in [1.54, 1.807) is 12.3 Å². The molecule has 0 fully saturated rings. The van der Waals surface area contributed by atoms with Crippen LogP contribution in [0.4, 0.5) is 5.69 Å². The SMILES string of the molecule is CC(C)(C)c1cc([N+](=O)[O-])c2ncc3ccccc3c2c1. The molecule has 0 N–H and O–H groups in total. The third kappa shape index (κ3) is 2.23. The van der Waals surface area contributed by atoms with Gasteiger partial charge in [0.25, 0.3) is 5.69 Å². The first kappa shape index (κ1) is 13.5. The summed E-state index contributed by atoms with van der Waals surface area (Å²) >= 11 is 0. The molecule has 0 radical (unpaired) electrons. The summed E-state index contributed by atoms with van der Waals surface area (Å²) in [6, 6.07) is 11.5. The van der Waals surface area contributed by atoms with E-state index in [0.717, 1.165) is 21.7 Å². The van der Waals surface area contributed by atoms with Crippen LogP contribution in [0.1, 0.15) is 26.3 Å². The van der Waals surface area contributed by atoms with Crippen LogP contribution in [-0.4, -0.2) is 9.91 Å². The molecule has 3 rings (SSSR count). The van der Waals surface area contributed by atoms with Gasteiger partial charge < -0.3 is 0 Å². The fourth-order valence-corrected chi connectivity index (χ4v) is 2.52. The first-order chi connectivity index (χ1) is 9.88. The van der Waals surface area contributed by atoms with Gasteiger partial charge in [0.05, 0.1) is 4.92 Å². The number of rotatable bonds is 1. The maximum atomic E-state index is 11.4. The largest absolute Gasteiger partial charge is 0.295 e.